The highest BCUT2D eigenvalue weighted by atomic mass is 14.8. The third kappa shape index (κ3) is 3.40. The normalized spacial score (nSPS) is 11.0. The Morgan fingerprint density at radius 2 is 2.38 bits per heavy atom. The van der Waals surface area contributed by atoms with Gasteiger partial charge in [-0.2, -0.15) is 0 Å². The summed E-state index contributed by atoms with van der Waals surface area (Å²) in [5.41, 5.74) is 1.18. The summed E-state index contributed by atoms with van der Waals surface area (Å²) in [5.74, 6) is 0. The van der Waals surface area contributed by atoms with E-state index in [0.29, 0.717) is 0 Å². The fraction of sp³-hybridized carbons (Fsp3) is 0.500. The molecule has 0 heterocycles. The third-order valence-electron chi connectivity index (χ3n) is 0.815. The second-order valence-electron chi connectivity index (χ2n) is 1.69. The molecule has 0 fully saturated rings. The molecule has 0 bridgehead atoms. The Morgan fingerprint density at radius 3 is 2.75 bits per heavy atom. The standard InChI is InChI=1S/C6H12N2/c1-6(3-4-7)5-8-2/h4-5,7-8H,3H2,1-2H3/b6-5-,7-4?. The van der Waals surface area contributed by atoms with E-state index in [9.17, 15) is 0 Å². The van der Waals surface area contributed by atoms with Crippen LogP contribution < -0.4 is 5.32 Å². The molecule has 0 atom stereocenters. The van der Waals surface area contributed by atoms with Crippen molar-refractivity contribution in [2.45, 2.75) is 13.3 Å². The number of rotatable bonds is 3. The predicted octanol–water partition coefficient (Wildman–Crippen LogP) is 1.15. The first-order chi connectivity index (χ1) is 3.81. The highest BCUT2D eigenvalue weighted by molar-refractivity contribution is 5.56. The number of hydrogen-bond donors (Lipinski definition) is 2. The first-order valence-corrected chi connectivity index (χ1v) is 2.63. The van der Waals surface area contributed by atoms with Crippen molar-refractivity contribution in [3.63, 3.8) is 0 Å². The van der Waals surface area contributed by atoms with Gasteiger partial charge in [-0.1, -0.05) is 5.57 Å². The highest BCUT2D eigenvalue weighted by Crippen LogP contribution is 1.91. The quantitative estimate of drug-likeness (QED) is 0.528. The van der Waals surface area contributed by atoms with Crippen LogP contribution in [0.4, 0.5) is 0 Å². The lowest BCUT2D eigenvalue weighted by Crippen LogP contribution is -1.94. The van der Waals surface area contributed by atoms with Gasteiger partial charge in [0.2, 0.25) is 0 Å². The van der Waals surface area contributed by atoms with Crippen LogP contribution in [0.5, 0.6) is 0 Å². The molecule has 0 aliphatic heterocycles. The van der Waals surface area contributed by atoms with Gasteiger partial charge in [0.25, 0.3) is 0 Å². The molecule has 0 spiro atoms. The Bertz CT molecular complexity index is 94.7. The zero-order chi connectivity index (χ0) is 6.41. The highest BCUT2D eigenvalue weighted by Gasteiger charge is 1.79. The van der Waals surface area contributed by atoms with E-state index in [1.165, 1.54) is 11.8 Å². The molecule has 0 aromatic carbocycles. The molecule has 2 heteroatoms. The maximum absolute atomic E-state index is 6.72. The van der Waals surface area contributed by atoms with E-state index in [2.05, 4.69) is 5.32 Å². The van der Waals surface area contributed by atoms with Crippen molar-refractivity contribution in [2.24, 2.45) is 0 Å². The molecule has 2 N–H and O–H groups in total. The van der Waals surface area contributed by atoms with Crippen LogP contribution >= 0.6 is 0 Å². The summed E-state index contributed by atoms with van der Waals surface area (Å²) in [5, 5.41) is 9.60. The van der Waals surface area contributed by atoms with E-state index >= 15 is 0 Å². The van der Waals surface area contributed by atoms with Crippen molar-refractivity contribution in [3.05, 3.63) is 11.8 Å². The molecule has 0 aromatic heterocycles. The third-order valence-corrected chi connectivity index (χ3v) is 0.815. The van der Waals surface area contributed by atoms with Gasteiger partial charge in [0, 0.05) is 13.5 Å². The van der Waals surface area contributed by atoms with E-state index in [1.807, 2.05) is 20.2 Å². The van der Waals surface area contributed by atoms with Gasteiger partial charge in [-0.3, -0.25) is 0 Å². The molecule has 2 nitrogen and oxygen atoms in total. The van der Waals surface area contributed by atoms with Crippen LogP contribution in [-0.4, -0.2) is 13.3 Å². The molecule has 0 saturated carbocycles. The van der Waals surface area contributed by atoms with Gasteiger partial charge in [0.05, 0.1) is 0 Å². The molecule has 0 rings (SSSR count). The van der Waals surface area contributed by atoms with Gasteiger partial charge in [0.1, 0.15) is 0 Å². The van der Waals surface area contributed by atoms with Crippen molar-refractivity contribution in [1.29, 1.82) is 5.41 Å². The Labute approximate surface area is 50.1 Å². The molecule has 0 amide bonds. The summed E-state index contributed by atoms with van der Waals surface area (Å²) in [6.07, 6.45) is 4.04. The minimum Gasteiger partial charge on any atom is -0.394 e. The van der Waals surface area contributed by atoms with Gasteiger partial charge in [-0.15, -0.1) is 0 Å². The Balaban J connectivity index is 3.44. The average Bonchev–Trinajstić information content (AvgIpc) is 1.68. The summed E-state index contributed by atoms with van der Waals surface area (Å²) >= 11 is 0. The van der Waals surface area contributed by atoms with Crippen molar-refractivity contribution in [1.82, 2.24) is 5.32 Å². The first kappa shape index (κ1) is 7.21. The van der Waals surface area contributed by atoms with Crippen LogP contribution in [-0.2, 0) is 0 Å². The molecule has 46 valence electrons. The van der Waals surface area contributed by atoms with E-state index < -0.39 is 0 Å². The fourth-order valence-electron chi connectivity index (χ4n) is 0.466. The van der Waals surface area contributed by atoms with Gasteiger partial charge in [0.15, 0.2) is 0 Å². The predicted molar refractivity (Wildman–Crippen MR) is 36.2 cm³/mol. The van der Waals surface area contributed by atoms with E-state index in [0.717, 1.165) is 6.42 Å². The molecular weight excluding hydrogens is 100 g/mol. The minimum absolute atomic E-state index is 0.751. The Kier molecular flexibility index (Phi) is 3.94. The number of nitrogens with one attached hydrogen (secondary N) is 2. The van der Waals surface area contributed by atoms with Crippen LogP contribution in [0.1, 0.15) is 13.3 Å². The largest absolute Gasteiger partial charge is 0.394 e. The smallest absolute Gasteiger partial charge is 0.00446 e. The molecule has 0 unspecified atom stereocenters. The van der Waals surface area contributed by atoms with Crippen LogP contribution in [0.25, 0.3) is 0 Å². The summed E-state index contributed by atoms with van der Waals surface area (Å²) in [6, 6.07) is 0. The Morgan fingerprint density at radius 1 is 1.75 bits per heavy atom. The van der Waals surface area contributed by atoms with Crippen LogP contribution in [0.15, 0.2) is 11.8 Å². The second-order valence-corrected chi connectivity index (χ2v) is 1.69. The number of hydrogen-bond acceptors (Lipinski definition) is 2. The van der Waals surface area contributed by atoms with Gasteiger partial charge >= 0.3 is 0 Å². The zero-order valence-corrected chi connectivity index (χ0v) is 5.36. The minimum atomic E-state index is 0.751. The van der Waals surface area contributed by atoms with Crippen molar-refractivity contribution in [3.8, 4) is 0 Å². The molecule has 8 heavy (non-hydrogen) atoms. The number of allylic oxidation sites excluding steroid dienone is 1. The van der Waals surface area contributed by atoms with Crippen LogP contribution in [0.3, 0.4) is 0 Å². The Hall–Kier alpha value is -0.790. The summed E-state index contributed by atoms with van der Waals surface area (Å²) in [6.45, 7) is 1.99. The SMILES string of the molecule is CN/C=C(/C)CC=N. The molecule has 0 aliphatic carbocycles. The lowest BCUT2D eigenvalue weighted by molar-refractivity contribution is 1.06. The molecular formula is C6H12N2. The van der Waals surface area contributed by atoms with Crippen molar-refractivity contribution < 1.29 is 0 Å². The van der Waals surface area contributed by atoms with Crippen LogP contribution in [0.2, 0.25) is 0 Å². The van der Waals surface area contributed by atoms with Crippen molar-refractivity contribution in [2.75, 3.05) is 7.05 Å². The molecule has 0 aromatic rings. The first-order valence-electron chi connectivity index (χ1n) is 2.63. The van der Waals surface area contributed by atoms with Crippen LogP contribution in [0, 0.1) is 5.41 Å². The van der Waals surface area contributed by atoms with E-state index in [1.54, 1.807) is 0 Å². The summed E-state index contributed by atoms with van der Waals surface area (Å²) < 4.78 is 0. The van der Waals surface area contributed by atoms with Crippen molar-refractivity contribution >= 4 is 6.21 Å². The molecule has 0 radical (unpaired) electrons. The topological polar surface area (TPSA) is 35.9 Å². The average molecular weight is 112 g/mol. The maximum atomic E-state index is 6.72. The van der Waals surface area contributed by atoms with E-state index in [4.69, 9.17) is 5.41 Å². The molecule has 0 aliphatic rings. The van der Waals surface area contributed by atoms with Gasteiger partial charge in [-0.05, 0) is 19.3 Å². The fourth-order valence-corrected chi connectivity index (χ4v) is 0.466. The van der Waals surface area contributed by atoms with E-state index in [-0.39, 0.29) is 0 Å². The second kappa shape index (κ2) is 4.37. The van der Waals surface area contributed by atoms with Gasteiger partial charge < -0.3 is 10.7 Å². The zero-order valence-electron chi connectivity index (χ0n) is 5.36. The molecule has 0 saturated heterocycles. The lowest BCUT2D eigenvalue weighted by Gasteiger charge is -1.91. The lowest BCUT2D eigenvalue weighted by atomic mass is 10.2. The summed E-state index contributed by atoms with van der Waals surface area (Å²) in [4.78, 5) is 0. The summed E-state index contributed by atoms with van der Waals surface area (Å²) in [7, 11) is 1.85. The monoisotopic (exact) mass is 112 g/mol. The van der Waals surface area contributed by atoms with Gasteiger partial charge in [-0.25, -0.2) is 0 Å². The maximum Gasteiger partial charge on any atom is 0.00446 e.